The zero-order chi connectivity index (χ0) is 20.8. The number of hydrogen-bond acceptors (Lipinski definition) is 5. The third kappa shape index (κ3) is 5.45. The molecular weight excluding hydrogens is 376 g/mol. The third-order valence-corrected chi connectivity index (χ3v) is 6.08. The molecule has 30 heavy (non-hydrogen) atoms. The summed E-state index contributed by atoms with van der Waals surface area (Å²) in [5.41, 5.74) is 3.22. The van der Waals surface area contributed by atoms with Crippen molar-refractivity contribution in [1.82, 2.24) is 4.90 Å². The predicted molar refractivity (Wildman–Crippen MR) is 123 cm³/mol. The van der Waals surface area contributed by atoms with Crippen molar-refractivity contribution in [2.45, 2.75) is 25.7 Å². The lowest BCUT2D eigenvalue weighted by molar-refractivity contribution is -0.117. The highest BCUT2D eigenvalue weighted by Crippen LogP contribution is 2.22. The first kappa shape index (κ1) is 20.5. The molecule has 0 spiro atoms. The van der Waals surface area contributed by atoms with Gasteiger partial charge in [0.2, 0.25) is 5.91 Å². The quantitative estimate of drug-likeness (QED) is 0.793. The highest BCUT2D eigenvalue weighted by atomic mass is 16.3. The second kappa shape index (κ2) is 9.85. The zero-order valence-electron chi connectivity index (χ0n) is 17.6. The van der Waals surface area contributed by atoms with Crippen LogP contribution in [0.5, 0.6) is 5.75 Å². The molecule has 0 radical (unpaired) electrons. The summed E-state index contributed by atoms with van der Waals surface area (Å²) in [6.07, 6.45) is 5.18. The highest BCUT2D eigenvalue weighted by molar-refractivity contribution is 5.92. The number of hydrogen-bond donors (Lipinski definition) is 2. The molecule has 2 fully saturated rings. The van der Waals surface area contributed by atoms with Gasteiger partial charge in [-0.1, -0.05) is 12.8 Å². The molecule has 160 valence electrons. The van der Waals surface area contributed by atoms with Gasteiger partial charge in [-0.05, 0) is 61.4 Å². The number of nitrogens with one attached hydrogen (secondary N) is 1. The number of benzene rings is 2. The molecule has 2 aromatic rings. The molecule has 1 amide bonds. The largest absolute Gasteiger partial charge is 0.508 e. The molecule has 2 heterocycles. The van der Waals surface area contributed by atoms with Crippen LogP contribution in [0.25, 0.3) is 0 Å². The fraction of sp³-hybridized carbons (Fsp3) is 0.458. The molecule has 0 atom stereocenters. The van der Waals surface area contributed by atoms with Crippen LogP contribution < -0.4 is 15.1 Å². The van der Waals surface area contributed by atoms with E-state index in [2.05, 4.69) is 32.1 Å². The number of anilines is 3. The Bertz CT molecular complexity index is 806. The SMILES string of the molecule is O=C(CN1CCN(c2ccc(O)cc2)CC1)Nc1ccc(N2CCCCCC2)cc1. The van der Waals surface area contributed by atoms with Crippen LogP contribution in [0.2, 0.25) is 0 Å². The van der Waals surface area contributed by atoms with E-state index >= 15 is 0 Å². The van der Waals surface area contributed by atoms with Crippen LogP contribution in [0.15, 0.2) is 48.5 Å². The third-order valence-electron chi connectivity index (χ3n) is 6.08. The topological polar surface area (TPSA) is 59.1 Å². The summed E-state index contributed by atoms with van der Waals surface area (Å²) in [5.74, 6) is 0.323. The minimum absolute atomic E-state index is 0.0376. The van der Waals surface area contributed by atoms with Crippen molar-refractivity contribution in [2.24, 2.45) is 0 Å². The van der Waals surface area contributed by atoms with E-state index in [-0.39, 0.29) is 11.7 Å². The minimum atomic E-state index is 0.0376. The smallest absolute Gasteiger partial charge is 0.238 e. The van der Waals surface area contributed by atoms with Crippen molar-refractivity contribution in [3.05, 3.63) is 48.5 Å². The molecule has 4 rings (SSSR count). The summed E-state index contributed by atoms with van der Waals surface area (Å²) in [5, 5.41) is 12.5. The Hall–Kier alpha value is -2.73. The molecule has 0 saturated carbocycles. The van der Waals surface area contributed by atoms with E-state index in [0.717, 1.165) is 50.6 Å². The molecular formula is C24H32N4O2. The number of nitrogens with zero attached hydrogens (tertiary/aromatic N) is 3. The van der Waals surface area contributed by atoms with Crippen LogP contribution in [0.4, 0.5) is 17.1 Å². The van der Waals surface area contributed by atoms with Crippen LogP contribution in [-0.4, -0.2) is 61.7 Å². The number of phenolic OH excluding ortho intramolecular Hbond substituents is 1. The monoisotopic (exact) mass is 408 g/mol. The standard InChI is InChI=1S/C24H32N4O2/c29-23-11-9-22(10-12-23)28-17-15-26(16-18-28)19-24(30)25-20-5-7-21(8-6-20)27-13-3-1-2-4-14-27/h5-12,29H,1-4,13-19H2,(H,25,30). The first-order valence-corrected chi connectivity index (χ1v) is 11.1. The van der Waals surface area contributed by atoms with Gasteiger partial charge in [-0.2, -0.15) is 0 Å². The average Bonchev–Trinajstić information content (AvgIpc) is 3.05. The summed E-state index contributed by atoms with van der Waals surface area (Å²) in [7, 11) is 0. The van der Waals surface area contributed by atoms with E-state index in [1.54, 1.807) is 12.1 Å². The number of rotatable bonds is 5. The van der Waals surface area contributed by atoms with Crippen molar-refractivity contribution < 1.29 is 9.90 Å². The molecule has 2 aliphatic rings. The van der Waals surface area contributed by atoms with Gasteiger partial charge in [-0.15, -0.1) is 0 Å². The van der Waals surface area contributed by atoms with E-state index in [9.17, 15) is 9.90 Å². The number of piperazine rings is 1. The number of amides is 1. The normalized spacial score (nSPS) is 18.1. The van der Waals surface area contributed by atoms with Gasteiger partial charge >= 0.3 is 0 Å². The van der Waals surface area contributed by atoms with E-state index in [4.69, 9.17) is 0 Å². The second-order valence-electron chi connectivity index (χ2n) is 8.28. The molecule has 6 nitrogen and oxygen atoms in total. The predicted octanol–water partition coefficient (Wildman–Crippen LogP) is 3.53. The van der Waals surface area contributed by atoms with Crippen LogP contribution in [0.1, 0.15) is 25.7 Å². The minimum Gasteiger partial charge on any atom is -0.508 e. The number of carbonyl (C=O) groups excluding carboxylic acids is 1. The van der Waals surface area contributed by atoms with Gasteiger partial charge in [-0.25, -0.2) is 0 Å². The summed E-state index contributed by atoms with van der Waals surface area (Å²) in [4.78, 5) is 19.4. The first-order valence-electron chi connectivity index (χ1n) is 11.1. The van der Waals surface area contributed by atoms with E-state index in [1.807, 2.05) is 24.3 Å². The fourth-order valence-electron chi connectivity index (χ4n) is 4.32. The zero-order valence-corrected chi connectivity index (χ0v) is 17.6. The molecule has 2 aromatic carbocycles. The molecule has 6 heteroatoms. The Morgan fingerprint density at radius 3 is 1.87 bits per heavy atom. The molecule has 0 aromatic heterocycles. The van der Waals surface area contributed by atoms with Gasteiger partial charge < -0.3 is 20.2 Å². The van der Waals surface area contributed by atoms with E-state index in [1.165, 1.54) is 31.4 Å². The molecule has 2 N–H and O–H groups in total. The maximum Gasteiger partial charge on any atom is 0.238 e. The maximum atomic E-state index is 12.5. The lowest BCUT2D eigenvalue weighted by Gasteiger charge is -2.35. The van der Waals surface area contributed by atoms with Crippen molar-refractivity contribution >= 4 is 23.0 Å². The lowest BCUT2D eigenvalue weighted by Crippen LogP contribution is -2.48. The van der Waals surface area contributed by atoms with E-state index < -0.39 is 0 Å². The van der Waals surface area contributed by atoms with Crippen LogP contribution >= 0.6 is 0 Å². The van der Waals surface area contributed by atoms with Gasteiger partial charge in [0.25, 0.3) is 0 Å². The summed E-state index contributed by atoms with van der Waals surface area (Å²) in [6.45, 7) is 6.12. The maximum absolute atomic E-state index is 12.5. The second-order valence-corrected chi connectivity index (χ2v) is 8.28. The van der Waals surface area contributed by atoms with Crippen molar-refractivity contribution in [3.8, 4) is 5.75 Å². The Labute approximate surface area is 179 Å². The van der Waals surface area contributed by atoms with Crippen LogP contribution in [0, 0.1) is 0 Å². The van der Waals surface area contributed by atoms with Crippen LogP contribution in [-0.2, 0) is 4.79 Å². The van der Waals surface area contributed by atoms with Gasteiger partial charge in [0.1, 0.15) is 5.75 Å². The summed E-state index contributed by atoms with van der Waals surface area (Å²) < 4.78 is 0. The van der Waals surface area contributed by atoms with Crippen molar-refractivity contribution in [2.75, 3.05) is 60.9 Å². The Balaban J connectivity index is 1.23. The first-order chi connectivity index (χ1) is 14.7. The lowest BCUT2D eigenvalue weighted by atomic mass is 10.2. The van der Waals surface area contributed by atoms with Gasteiger partial charge in [0.05, 0.1) is 6.54 Å². The molecule has 2 saturated heterocycles. The Morgan fingerprint density at radius 1 is 0.733 bits per heavy atom. The number of aromatic hydroxyl groups is 1. The number of carbonyl (C=O) groups is 1. The van der Waals surface area contributed by atoms with Crippen LogP contribution in [0.3, 0.4) is 0 Å². The number of phenols is 1. The summed E-state index contributed by atoms with van der Waals surface area (Å²) in [6, 6.07) is 15.6. The molecule has 0 bridgehead atoms. The van der Waals surface area contributed by atoms with Crippen molar-refractivity contribution in [1.29, 1.82) is 0 Å². The Morgan fingerprint density at radius 2 is 1.27 bits per heavy atom. The van der Waals surface area contributed by atoms with Gasteiger partial charge in [-0.3, -0.25) is 9.69 Å². The summed E-state index contributed by atoms with van der Waals surface area (Å²) >= 11 is 0. The van der Waals surface area contributed by atoms with Crippen molar-refractivity contribution in [3.63, 3.8) is 0 Å². The highest BCUT2D eigenvalue weighted by Gasteiger charge is 2.19. The molecule has 2 aliphatic heterocycles. The molecule has 0 unspecified atom stereocenters. The van der Waals surface area contributed by atoms with E-state index in [0.29, 0.717) is 6.54 Å². The fourth-order valence-corrected chi connectivity index (χ4v) is 4.32. The van der Waals surface area contributed by atoms with Gasteiger partial charge in [0.15, 0.2) is 0 Å². The Kier molecular flexibility index (Phi) is 6.74. The van der Waals surface area contributed by atoms with Gasteiger partial charge in [0, 0.05) is 56.3 Å². The average molecular weight is 409 g/mol. The molecule has 0 aliphatic carbocycles.